The second-order valence-corrected chi connectivity index (χ2v) is 7.79. The maximum atomic E-state index is 13.4. The van der Waals surface area contributed by atoms with Gasteiger partial charge in [0.15, 0.2) is 0 Å². The third-order valence-corrected chi connectivity index (χ3v) is 5.61. The molecule has 30 heavy (non-hydrogen) atoms. The Morgan fingerprint density at radius 3 is 2.57 bits per heavy atom. The van der Waals surface area contributed by atoms with Crippen molar-refractivity contribution in [3.05, 3.63) is 47.8 Å². The minimum Gasteiger partial charge on any atom is -0.491 e. The lowest BCUT2D eigenvalue weighted by Crippen LogP contribution is -2.36. The maximum absolute atomic E-state index is 13.4. The van der Waals surface area contributed by atoms with E-state index in [2.05, 4.69) is 4.90 Å². The van der Waals surface area contributed by atoms with Gasteiger partial charge in [-0.1, -0.05) is 0 Å². The Bertz CT molecular complexity index is 1080. The summed E-state index contributed by atoms with van der Waals surface area (Å²) in [5.74, 6) is -0.0521. The summed E-state index contributed by atoms with van der Waals surface area (Å²) in [6.07, 6.45) is 2.33. The van der Waals surface area contributed by atoms with Crippen molar-refractivity contribution in [2.75, 3.05) is 37.8 Å². The molecule has 1 aromatic heterocycles. The van der Waals surface area contributed by atoms with Crippen molar-refractivity contribution < 1.29 is 28.2 Å². The molecule has 0 radical (unpaired) electrons. The van der Waals surface area contributed by atoms with Gasteiger partial charge in [-0.2, -0.15) is 0 Å². The second-order valence-electron chi connectivity index (χ2n) is 7.79. The molecule has 1 aliphatic carbocycles. The summed E-state index contributed by atoms with van der Waals surface area (Å²) >= 11 is 0. The average Bonchev–Trinajstić information content (AvgIpc) is 3.51. The standard InChI is InChI=1S/C23H22FNO5/c24-16-5-3-15(4-6-16)22-21(23(26)27)17-11-20(29-13-14-1-2-14)18(12-19(17)30-22)25-7-9-28-10-8-25/h3-6,11-12,14H,1-2,7-10,13H2,(H,26,27). The van der Waals surface area contributed by atoms with Crippen molar-refractivity contribution in [2.45, 2.75) is 12.8 Å². The van der Waals surface area contributed by atoms with Crippen LogP contribution in [0.1, 0.15) is 23.2 Å². The zero-order valence-corrected chi connectivity index (χ0v) is 16.4. The number of hydrogen-bond donors (Lipinski definition) is 1. The molecule has 3 aromatic rings. The summed E-state index contributed by atoms with van der Waals surface area (Å²) < 4.78 is 30.9. The highest BCUT2D eigenvalue weighted by Gasteiger charge is 2.27. The van der Waals surface area contributed by atoms with E-state index in [1.165, 1.54) is 24.3 Å². The molecule has 1 saturated carbocycles. The first-order valence-electron chi connectivity index (χ1n) is 10.2. The first kappa shape index (κ1) is 18.9. The Labute approximate surface area is 172 Å². The number of nitrogens with zero attached hydrogens (tertiary/aromatic N) is 1. The van der Waals surface area contributed by atoms with E-state index in [0.29, 0.717) is 48.0 Å². The smallest absolute Gasteiger partial charge is 0.340 e. The molecule has 2 aromatic carbocycles. The van der Waals surface area contributed by atoms with E-state index < -0.39 is 11.8 Å². The number of halogens is 1. The summed E-state index contributed by atoms with van der Waals surface area (Å²) in [4.78, 5) is 14.3. The molecule has 0 unspecified atom stereocenters. The first-order chi connectivity index (χ1) is 14.6. The van der Waals surface area contributed by atoms with E-state index in [1.54, 1.807) is 6.07 Å². The van der Waals surface area contributed by atoms with Crippen LogP contribution in [0.5, 0.6) is 5.75 Å². The summed E-state index contributed by atoms with van der Waals surface area (Å²) in [5.41, 5.74) is 1.91. The van der Waals surface area contributed by atoms with Gasteiger partial charge in [0.25, 0.3) is 0 Å². The molecule has 0 amide bonds. The van der Waals surface area contributed by atoms with Crippen LogP contribution in [-0.4, -0.2) is 44.0 Å². The van der Waals surface area contributed by atoms with Crippen molar-refractivity contribution in [1.29, 1.82) is 0 Å². The van der Waals surface area contributed by atoms with Gasteiger partial charge in [-0.25, -0.2) is 9.18 Å². The topological polar surface area (TPSA) is 72.1 Å². The van der Waals surface area contributed by atoms with Crippen molar-refractivity contribution in [3.8, 4) is 17.1 Å². The first-order valence-corrected chi connectivity index (χ1v) is 10.2. The van der Waals surface area contributed by atoms with E-state index in [9.17, 15) is 14.3 Å². The van der Waals surface area contributed by atoms with Gasteiger partial charge in [-0.15, -0.1) is 0 Å². The Morgan fingerprint density at radius 2 is 1.90 bits per heavy atom. The van der Waals surface area contributed by atoms with Crippen LogP contribution in [0.3, 0.4) is 0 Å². The minimum atomic E-state index is -1.10. The summed E-state index contributed by atoms with van der Waals surface area (Å²) in [6.45, 7) is 3.32. The molecule has 1 saturated heterocycles. The summed E-state index contributed by atoms with van der Waals surface area (Å²) in [5, 5.41) is 10.4. The number of carboxylic acids is 1. The number of carboxylic acid groups (broad SMARTS) is 1. The molecule has 2 aliphatic rings. The molecule has 1 aliphatic heterocycles. The number of benzene rings is 2. The highest BCUT2D eigenvalue weighted by atomic mass is 19.1. The number of carbonyl (C=O) groups is 1. The van der Waals surface area contributed by atoms with Crippen LogP contribution in [0.25, 0.3) is 22.3 Å². The predicted molar refractivity (Wildman–Crippen MR) is 110 cm³/mol. The molecule has 5 rings (SSSR count). The zero-order valence-electron chi connectivity index (χ0n) is 16.4. The zero-order chi connectivity index (χ0) is 20.7. The normalized spacial score (nSPS) is 16.8. The molecular weight excluding hydrogens is 389 g/mol. The Balaban J connectivity index is 1.64. The SMILES string of the molecule is O=C(O)c1c(-c2ccc(F)cc2)oc2cc(N3CCOCC3)c(OCC3CC3)cc12. The van der Waals surface area contributed by atoms with Crippen LogP contribution in [0.2, 0.25) is 0 Å². The van der Waals surface area contributed by atoms with Crippen molar-refractivity contribution in [2.24, 2.45) is 5.92 Å². The van der Waals surface area contributed by atoms with Crippen molar-refractivity contribution in [1.82, 2.24) is 0 Å². The molecular formula is C23H22FNO5. The monoisotopic (exact) mass is 411 g/mol. The highest BCUT2D eigenvalue weighted by Crippen LogP contribution is 2.41. The van der Waals surface area contributed by atoms with Gasteiger partial charge < -0.3 is 23.9 Å². The highest BCUT2D eigenvalue weighted by molar-refractivity contribution is 6.09. The Hall–Kier alpha value is -3.06. The van der Waals surface area contributed by atoms with Gasteiger partial charge in [-0.3, -0.25) is 0 Å². The number of rotatable bonds is 6. The number of fused-ring (bicyclic) bond motifs is 1. The molecule has 156 valence electrons. The molecule has 1 N–H and O–H groups in total. The van der Waals surface area contributed by atoms with Crippen LogP contribution in [-0.2, 0) is 4.74 Å². The minimum absolute atomic E-state index is 0.0569. The molecule has 7 heteroatoms. The number of ether oxygens (including phenoxy) is 2. The van der Waals surface area contributed by atoms with Crippen LogP contribution in [0.15, 0.2) is 40.8 Å². The lowest BCUT2D eigenvalue weighted by atomic mass is 10.0. The van der Waals surface area contributed by atoms with Gasteiger partial charge in [0, 0.05) is 30.1 Å². The second kappa shape index (κ2) is 7.65. The van der Waals surface area contributed by atoms with E-state index in [1.807, 2.05) is 6.07 Å². The van der Waals surface area contributed by atoms with Gasteiger partial charge >= 0.3 is 5.97 Å². The largest absolute Gasteiger partial charge is 0.491 e. The molecule has 6 nitrogen and oxygen atoms in total. The van der Waals surface area contributed by atoms with E-state index >= 15 is 0 Å². The summed E-state index contributed by atoms with van der Waals surface area (Å²) in [7, 11) is 0. The number of aromatic carboxylic acids is 1. The lowest BCUT2D eigenvalue weighted by molar-refractivity contribution is 0.0699. The van der Waals surface area contributed by atoms with Crippen molar-refractivity contribution in [3.63, 3.8) is 0 Å². The van der Waals surface area contributed by atoms with Crippen LogP contribution >= 0.6 is 0 Å². The van der Waals surface area contributed by atoms with Gasteiger partial charge in [0.2, 0.25) is 0 Å². The van der Waals surface area contributed by atoms with E-state index in [-0.39, 0.29) is 11.3 Å². The quantitative estimate of drug-likeness (QED) is 0.641. The fourth-order valence-electron chi connectivity index (χ4n) is 3.79. The van der Waals surface area contributed by atoms with Gasteiger partial charge in [0.05, 0.1) is 25.5 Å². The van der Waals surface area contributed by atoms with Crippen LogP contribution < -0.4 is 9.64 Å². The van der Waals surface area contributed by atoms with Gasteiger partial charge in [-0.05, 0) is 49.1 Å². The third kappa shape index (κ3) is 3.61. The molecule has 0 atom stereocenters. The fraction of sp³-hybridized carbons (Fsp3) is 0.348. The van der Waals surface area contributed by atoms with Crippen molar-refractivity contribution >= 4 is 22.6 Å². The Morgan fingerprint density at radius 1 is 1.17 bits per heavy atom. The van der Waals surface area contributed by atoms with Crippen LogP contribution in [0.4, 0.5) is 10.1 Å². The molecule has 2 heterocycles. The fourth-order valence-corrected chi connectivity index (χ4v) is 3.79. The maximum Gasteiger partial charge on any atom is 0.340 e. The molecule has 0 bridgehead atoms. The Kier molecular flexibility index (Phi) is 4.83. The lowest BCUT2D eigenvalue weighted by Gasteiger charge is -2.30. The molecule has 0 spiro atoms. The van der Waals surface area contributed by atoms with E-state index in [0.717, 1.165) is 31.6 Å². The third-order valence-electron chi connectivity index (χ3n) is 5.61. The summed E-state index contributed by atoms with van der Waals surface area (Å²) in [6, 6.07) is 9.24. The average molecular weight is 411 g/mol. The van der Waals surface area contributed by atoms with E-state index in [4.69, 9.17) is 13.9 Å². The number of furan rings is 1. The number of anilines is 1. The number of hydrogen-bond acceptors (Lipinski definition) is 5. The van der Waals surface area contributed by atoms with Crippen LogP contribution in [0, 0.1) is 11.7 Å². The molecule has 2 fully saturated rings. The number of morpholine rings is 1. The van der Waals surface area contributed by atoms with Gasteiger partial charge in [0.1, 0.15) is 28.5 Å². The predicted octanol–water partition coefficient (Wildman–Crippen LogP) is 4.56.